The third-order valence-corrected chi connectivity index (χ3v) is 6.28. The lowest BCUT2D eigenvalue weighted by Gasteiger charge is -2.23. The van der Waals surface area contributed by atoms with E-state index in [9.17, 15) is 24.6 Å². The van der Waals surface area contributed by atoms with Crippen molar-refractivity contribution in [2.45, 2.75) is 58.6 Å². The lowest BCUT2D eigenvalue weighted by atomic mass is 10.0. The summed E-state index contributed by atoms with van der Waals surface area (Å²) in [6, 6.07) is 8.35. The lowest BCUT2D eigenvalue weighted by Crippen LogP contribution is -2.52. The minimum absolute atomic E-state index is 0.0453. The largest absolute Gasteiger partial charge is 0.548 e. The molecule has 37 heavy (non-hydrogen) atoms. The van der Waals surface area contributed by atoms with Crippen molar-refractivity contribution in [3.05, 3.63) is 69.7 Å². The fraction of sp³-hybridized carbons (Fsp3) is 0.321. The molecule has 0 fully saturated rings. The smallest absolute Gasteiger partial charge is 0.336 e. The number of unbranched alkanes of at least 4 members (excludes halogenated alkanes) is 1. The molecule has 0 spiro atoms. The van der Waals surface area contributed by atoms with Gasteiger partial charge < -0.3 is 34.5 Å². The van der Waals surface area contributed by atoms with E-state index >= 15 is 0 Å². The molecule has 0 aliphatic rings. The molecule has 2 heterocycles. The number of hydrogen-bond acceptors (Lipinski definition) is 7. The first-order valence-electron chi connectivity index (χ1n) is 12.2. The second kappa shape index (κ2) is 10.8. The zero-order valence-electron chi connectivity index (χ0n) is 20.9. The van der Waals surface area contributed by atoms with Crippen LogP contribution < -0.4 is 20.8 Å². The van der Waals surface area contributed by atoms with E-state index in [-0.39, 0.29) is 12.2 Å². The molecule has 0 aliphatic carbocycles. The monoisotopic (exact) mass is 505 g/mol. The molecule has 194 valence electrons. The quantitative estimate of drug-likeness (QED) is 0.281. The highest BCUT2D eigenvalue weighted by Crippen LogP contribution is 2.31. The van der Waals surface area contributed by atoms with Gasteiger partial charge in [0.15, 0.2) is 6.10 Å². The van der Waals surface area contributed by atoms with Gasteiger partial charge in [-0.3, -0.25) is 4.79 Å². The summed E-state index contributed by atoms with van der Waals surface area (Å²) in [5.41, 5.74) is 2.80. The summed E-state index contributed by atoms with van der Waals surface area (Å²) < 4.78 is 11.4. The van der Waals surface area contributed by atoms with Gasteiger partial charge in [0.2, 0.25) is 0 Å². The van der Waals surface area contributed by atoms with E-state index in [0.29, 0.717) is 34.1 Å². The van der Waals surface area contributed by atoms with Crippen molar-refractivity contribution in [2.24, 2.45) is 0 Å². The Balaban J connectivity index is 1.56. The molecule has 0 saturated heterocycles. The highest BCUT2D eigenvalue weighted by Gasteiger charge is 2.23. The van der Waals surface area contributed by atoms with Crippen molar-refractivity contribution < 1.29 is 29.0 Å². The van der Waals surface area contributed by atoms with Crippen molar-refractivity contribution in [1.82, 2.24) is 10.3 Å². The number of carbonyl (C=O) groups is 2. The zero-order chi connectivity index (χ0) is 26.7. The van der Waals surface area contributed by atoms with Gasteiger partial charge in [0, 0.05) is 29.6 Å². The normalized spacial score (nSPS) is 12.9. The van der Waals surface area contributed by atoms with Gasteiger partial charge >= 0.3 is 5.63 Å². The number of rotatable bonds is 10. The van der Waals surface area contributed by atoms with Crippen LogP contribution >= 0.6 is 0 Å². The SMILES string of the molecule is CCCCc1cc(=O)oc2cc(C)cc(O[C@@H](C)C(=O)N[C@@H](Cc3c[nH]c4ccc(O)cc34)C(=O)[O-])c12. The highest BCUT2D eigenvalue weighted by molar-refractivity contribution is 5.90. The molecule has 2 aromatic heterocycles. The molecule has 0 unspecified atom stereocenters. The number of nitrogens with one attached hydrogen (secondary N) is 2. The van der Waals surface area contributed by atoms with Crippen molar-refractivity contribution in [3.63, 3.8) is 0 Å². The van der Waals surface area contributed by atoms with Crippen LogP contribution in [0, 0.1) is 6.92 Å². The first-order chi connectivity index (χ1) is 17.7. The number of carboxylic acid groups (broad SMARTS) is 1. The van der Waals surface area contributed by atoms with E-state index in [1.54, 1.807) is 24.4 Å². The molecule has 0 aliphatic heterocycles. The Bertz CT molecular complexity index is 1520. The van der Waals surface area contributed by atoms with E-state index in [2.05, 4.69) is 10.3 Å². The van der Waals surface area contributed by atoms with Crippen LogP contribution in [-0.4, -0.2) is 34.1 Å². The van der Waals surface area contributed by atoms with E-state index in [0.717, 1.165) is 29.5 Å². The number of fused-ring (bicyclic) bond motifs is 2. The number of carboxylic acids is 1. The number of H-pyrrole nitrogens is 1. The molecule has 4 aromatic rings. The Morgan fingerprint density at radius 2 is 1.97 bits per heavy atom. The number of benzene rings is 2. The number of aromatic amines is 1. The highest BCUT2D eigenvalue weighted by atomic mass is 16.5. The summed E-state index contributed by atoms with van der Waals surface area (Å²) >= 11 is 0. The van der Waals surface area contributed by atoms with Crippen LogP contribution in [0.2, 0.25) is 0 Å². The number of amides is 1. The lowest BCUT2D eigenvalue weighted by molar-refractivity contribution is -0.308. The Morgan fingerprint density at radius 3 is 2.70 bits per heavy atom. The molecule has 9 nitrogen and oxygen atoms in total. The van der Waals surface area contributed by atoms with Crippen LogP contribution in [0.3, 0.4) is 0 Å². The fourth-order valence-corrected chi connectivity index (χ4v) is 4.41. The maximum Gasteiger partial charge on any atom is 0.336 e. The Kier molecular flexibility index (Phi) is 7.52. The second-order valence-electron chi connectivity index (χ2n) is 9.22. The average Bonchev–Trinajstić information content (AvgIpc) is 3.22. The van der Waals surface area contributed by atoms with Gasteiger partial charge in [-0.05, 0) is 73.7 Å². The summed E-state index contributed by atoms with van der Waals surface area (Å²) in [6.45, 7) is 5.39. The van der Waals surface area contributed by atoms with Crippen LogP contribution in [0.15, 0.2) is 51.8 Å². The van der Waals surface area contributed by atoms with Crippen molar-refractivity contribution in [2.75, 3.05) is 0 Å². The van der Waals surface area contributed by atoms with Crippen molar-refractivity contribution >= 4 is 33.7 Å². The molecule has 2 atom stereocenters. The summed E-state index contributed by atoms with van der Waals surface area (Å²) in [4.78, 5) is 40.0. The topological polar surface area (TPSA) is 145 Å². The van der Waals surface area contributed by atoms with Crippen LogP contribution in [-0.2, 0) is 22.4 Å². The van der Waals surface area contributed by atoms with Gasteiger partial charge in [-0.1, -0.05) is 13.3 Å². The molecule has 1 amide bonds. The number of aromatic nitrogens is 1. The minimum Gasteiger partial charge on any atom is -0.548 e. The van der Waals surface area contributed by atoms with Crippen molar-refractivity contribution in [3.8, 4) is 11.5 Å². The molecule has 2 aromatic carbocycles. The second-order valence-corrected chi connectivity index (χ2v) is 9.22. The van der Waals surface area contributed by atoms with Crippen LogP contribution in [0.1, 0.15) is 43.4 Å². The third kappa shape index (κ3) is 5.77. The number of aromatic hydroxyl groups is 1. The number of phenolic OH excluding ortho intramolecular Hbond substituents is 1. The van der Waals surface area contributed by atoms with E-state index in [1.807, 2.05) is 13.8 Å². The van der Waals surface area contributed by atoms with Crippen LogP contribution in [0.4, 0.5) is 0 Å². The third-order valence-electron chi connectivity index (χ3n) is 6.28. The van der Waals surface area contributed by atoms with Crippen LogP contribution in [0.25, 0.3) is 21.9 Å². The number of phenols is 1. The summed E-state index contributed by atoms with van der Waals surface area (Å²) in [6.07, 6.45) is 2.97. The first-order valence-corrected chi connectivity index (χ1v) is 12.2. The van der Waals surface area contributed by atoms with Gasteiger partial charge in [0.1, 0.15) is 17.1 Å². The zero-order valence-corrected chi connectivity index (χ0v) is 20.9. The molecule has 3 N–H and O–H groups in total. The number of ether oxygens (including phenoxy) is 1. The Labute approximate surface area is 213 Å². The van der Waals surface area contributed by atoms with Crippen LogP contribution in [0.5, 0.6) is 11.5 Å². The molecule has 9 heteroatoms. The van der Waals surface area contributed by atoms with Gasteiger partial charge in [0.25, 0.3) is 5.91 Å². The summed E-state index contributed by atoms with van der Waals surface area (Å²) in [5.74, 6) is -1.66. The maximum atomic E-state index is 13.0. The molecule has 0 bridgehead atoms. The predicted molar refractivity (Wildman–Crippen MR) is 137 cm³/mol. The number of aryl methyl sites for hydroxylation is 2. The molecule has 4 rings (SSSR count). The van der Waals surface area contributed by atoms with Gasteiger partial charge in [-0.2, -0.15) is 0 Å². The standard InChI is InChI=1S/C28H30N2O7/c1-4-5-6-17-12-25(32)37-24-10-15(2)9-23(26(17)24)36-16(3)27(33)30-22(28(34)35)11-18-14-29-21-8-7-19(31)13-20(18)21/h7-10,12-14,16,22,29,31H,4-6,11H2,1-3H3,(H,30,33)(H,34,35)/p-1/t16-,22-/m0/s1. The molecular formula is C28H29N2O7-. The molecule has 0 radical (unpaired) electrons. The molecule has 0 saturated carbocycles. The first kappa shape index (κ1) is 25.8. The number of aliphatic carboxylic acids is 1. The van der Waals surface area contributed by atoms with Gasteiger partial charge in [-0.25, -0.2) is 4.79 Å². The van der Waals surface area contributed by atoms with E-state index in [1.165, 1.54) is 25.1 Å². The fourth-order valence-electron chi connectivity index (χ4n) is 4.41. The van der Waals surface area contributed by atoms with Crippen molar-refractivity contribution in [1.29, 1.82) is 0 Å². The average molecular weight is 506 g/mol. The predicted octanol–water partition coefficient (Wildman–Crippen LogP) is 2.88. The minimum atomic E-state index is -1.44. The number of carbonyl (C=O) groups excluding carboxylic acids is 2. The summed E-state index contributed by atoms with van der Waals surface area (Å²) in [5, 5.41) is 25.4. The van der Waals surface area contributed by atoms with Gasteiger partial charge in [-0.15, -0.1) is 0 Å². The summed E-state index contributed by atoms with van der Waals surface area (Å²) in [7, 11) is 0. The maximum absolute atomic E-state index is 13.0. The van der Waals surface area contributed by atoms with E-state index in [4.69, 9.17) is 9.15 Å². The van der Waals surface area contributed by atoms with E-state index < -0.39 is 29.6 Å². The number of hydrogen-bond donors (Lipinski definition) is 3. The Morgan fingerprint density at radius 1 is 1.19 bits per heavy atom. The van der Waals surface area contributed by atoms with Gasteiger partial charge in [0.05, 0.1) is 17.4 Å². The molecular weight excluding hydrogens is 476 g/mol. The Hall–Kier alpha value is -4.27.